The van der Waals surface area contributed by atoms with Gasteiger partial charge in [-0.3, -0.25) is 10.1 Å². The number of nitrogens with zero attached hydrogens (tertiary/aromatic N) is 5. The van der Waals surface area contributed by atoms with Gasteiger partial charge in [0.15, 0.2) is 0 Å². The molecule has 14 heteroatoms. The van der Waals surface area contributed by atoms with Gasteiger partial charge in [0.2, 0.25) is 11.8 Å². The molecule has 194 valence electrons. The minimum absolute atomic E-state index is 0.151. The number of halogens is 2. The Balaban J connectivity index is 1.50. The van der Waals surface area contributed by atoms with Crippen LogP contribution in [-0.2, 0) is 4.74 Å². The van der Waals surface area contributed by atoms with Gasteiger partial charge >= 0.3 is 5.69 Å². The maximum atomic E-state index is 10.9. The van der Waals surface area contributed by atoms with Crippen LogP contribution in [-0.4, -0.2) is 57.9 Å². The van der Waals surface area contributed by atoms with Crippen molar-refractivity contribution in [2.24, 2.45) is 0 Å². The number of nitrogens with one attached hydrogen (secondary N) is 3. The van der Waals surface area contributed by atoms with Gasteiger partial charge in [0.05, 0.1) is 28.8 Å². The van der Waals surface area contributed by atoms with Crippen molar-refractivity contribution < 1.29 is 9.66 Å². The van der Waals surface area contributed by atoms with Crippen molar-refractivity contribution in [1.29, 1.82) is 0 Å². The molecule has 0 atom stereocenters. The van der Waals surface area contributed by atoms with Crippen LogP contribution in [0.15, 0.2) is 42.2 Å². The highest BCUT2D eigenvalue weighted by Gasteiger charge is 2.16. The number of aromatic nitrogens is 3. The lowest BCUT2D eigenvalue weighted by Crippen LogP contribution is -2.44. The smallest absolute Gasteiger partial charge is 0.311 e. The fourth-order valence-corrected chi connectivity index (χ4v) is 4.10. The molecule has 1 aliphatic heterocycles. The van der Waals surface area contributed by atoms with Gasteiger partial charge in [-0.1, -0.05) is 23.2 Å². The molecule has 1 aliphatic rings. The summed E-state index contributed by atoms with van der Waals surface area (Å²) in [6.07, 6.45) is 3.71. The van der Waals surface area contributed by atoms with Gasteiger partial charge in [0, 0.05) is 47.2 Å². The minimum Gasteiger partial charge on any atom is -0.378 e. The topological polar surface area (TPSA) is 156 Å². The van der Waals surface area contributed by atoms with Crippen molar-refractivity contribution in [3.8, 4) is 11.3 Å². The molecule has 2 aromatic heterocycles. The number of anilines is 3. The highest BCUT2D eigenvalue weighted by molar-refractivity contribution is 6.36. The van der Waals surface area contributed by atoms with Crippen LogP contribution in [0.1, 0.15) is 12.5 Å². The second-order valence-corrected chi connectivity index (χ2v) is 8.82. The Labute approximate surface area is 223 Å². The van der Waals surface area contributed by atoms with Crippen LogP contribution in [0.4, 0.5) is 23.3 Å². The highest BCUT2D eigenvalue weighted by atomic mass is 35.5. The molecule has 0 spiro atoms. The van der Waals surface area contributed by atoms with E-state index in [1.807, 2.05) is 24.1 Å². The summed E-state index contributed by atoms with van der Waals surface area (Å²) < 4.78 is 5.35. The van der Waals surface area contributed by atoms with Crippen molar-refractivity contribution in [2.45, 2.75) is 6.92 Å². The van der Waals surface area contributed by atoms with Gasteiger partial charge in [0.1, 0.15) is 12.5 Å². The number of hydrogen-bond donors (Lipinski definition) is 4. The highest BCUT2D eigenvalue weighted by Crippen LogP contribution is 2.32. The summed E-state index contributed by atoms with van der Waals surface area (Å²) in [7, 11) is 0. The third-order valence-corrected chi connectivity index (χ3v) is 5.97. The van der Waals surface area contributed by atoms with E-state index in [1.165, 1.54) is 12.1 Å². The van der Waals surface area contributed by atoms with Gasteiger partial charge in [-0.05, 0) is 37.3 Å². The zero-order chi connectivity index (χ0) is 26.4. The van der Waals surface area contributed by atoms with E-state index in [4.69, 9.17) is 38.7 Å². The predicted octanol–water partition coefficient (Wildman–Crippen LogP) is 4.01. The van der Waals surface area contributed by atoms with Crippen LogP contribution in [0.5, 0.6) is 0 Å². The summed E-state index contributed by atoms with van der Waals surface area (Å²) in [5.41, 5.74) is 11.7. The summed E-state index contributed by atoms with van der Waals surface area (Å²) in [5, 5.41) is 20.1. The van der Waals surface area contributed by atoms with E-state index < -0.39 is 4.92 Å². The number of pyridine rings is 1. The Bertz CT molecular complexity index is 1320. The molecule has 3 heterocycles. The Morgan fingerprint density at radius 2 is 2.08 bits per heavy atom. The Kier molecular flexibility index (Phi) is 8.56. The number of nitrogen functional groups attached to an aromatic ring is 1. The van der Waals surface area contributed by atoms with Crippen LogP contribution in [0.2, 0.25) is 10.0 Å². The molecule has 5 N–H and O–H groups in total. The monoisotopic (exact) mass is 545 g/mol. The fraction of sp³-hybridized carbons (Fsp3) is 0.261. The van der Waals surface area contributed by atoms with Gasteiger partial charge in [0.25, 0.3) is 0 Å². The first kappa shape index (κ1) is 26.4. The Hall–Kier alpha value is -3.71. The lowest BCUT2D eigenvalue weighted by atomic mass is 10.1. The largest absolute Gasteiger partial charge is 0.378 e. The van der Waals surface area contributed by atoms with Crippen LogP contribution < -0.4 is 21.8 Å². The Morgan fingerprint density at radius 3 is 2.78 bits per heavy atom. The van der Waals surface area contributed by atoms with Gasteiger partial charge in [-0.2, -0.15) is 0 Å². The van der Waals surface area contributed by atoms with Crippen molar-refractivity contribution in [3.05, 3.63) is 67.9 Å². The molecule has 0 saturated carbocycles. The normalized spacial score (nSPS) is 13.9. The molecule has 0 radical (unpaired) electrons. The van der Waals surface area contributed by atoms with Gasteiger partial charge in [-0.15, -0.1) is 0 Å². The van der Waals surface area contributed by atoms with Crippen molar-refractivity contribution >= 4 is 52.5 Å². The number of nitro groups is 1. The van der Waals surface area contributed by atoms with Crippen molar-refractivity contribution in [1.82, 2.24) is 25.4 Å². The second-order valence-electron chi connectivity index (χ2n) is 7.98. The van der Waals surface area contributed by atoms with E-state index in [0.717, 1.165) is 11.3 Å². The van der Waals surface area contributed by atoms with Crippen LogP contribution in [0.3, 0.4) is 0 Å². The molecule has 3 aromatic rings. The molecule has 1 saturated heterocycles. The van der Waals surface area contributed by atoms with E-state index in [1.54, 1.807) is 18.3 Å². The maximum absolute atomic E-state index is 10.9. The molecule has 1 fully saturated rings. The predicted molar refractivity (Wildman–Crippen MR) is 144 cm³/mol. The van der Waals surface area contributed by atoms with Crippen LogP contribution in [0, 0.1) is 10.1 Å². The first-order valence-corrected chi connectivity index (χ1v) is 12.1. The molecular weight excluding hydrogens is 521 g/mol. The minimum atomic E-state index is -0.576. The van der Waals surface area contributed by atoms with Crippen LogP contribution in [0.25, 0.3) is 17.3 Å². The van der Waals surface area contributed by atoms with Crippen molar-refractivity contribution in [3.63, 3.8) is 0 Å². The molecule has 0 aliphatic carbocycles. The SMILES string of the molecule is C/C(=C\c1cnc(NCCNc2ccc([N+](=O)[O-])c(N)n2)nc1-c1ccc(Cl)cc1Cl)N1CCOCN1. The average Bonchev–Trinajstić information content (AvgIpc) is 2.88. The van der Waals surface area contributed by atoms with E-state index in [2.05, 4.69) is 26.0 Å². The number of benzene rings is 1. The number of hydrogen-bond acceptors (Lipinski definition) is 11. The molecule has 12 nitrogen and oxygen atoms in total. The van der Waals surface area contributed by atoms with E-state index in [0.29, 0.717) is 66.0 Å². The van der Waals surface area contributed by atoms with Gasteiger partial charge in [-0.25, -0.2) is 20.4 Å². The summed E-state index contributed by atoms with van der Waals surface area (Å²) in [4.78, 5) is 23.5. The van der Waals surface area contributed by atoms with Crippen LogP contribution >= 0.6 is 23.2 Å². The third kappa shape index (κ3) is 6.74. The number of allylic oxidation sites excluding steroid dienone is 1. The number of hydrazine groups is 1. The first-order valence-electron chi connectivity index (χ1n) is 11.3. The quantitative estimate of drug-likeness (QED) is 0.175. The zero-order valence-electron chi connectivity index (χ0n) is 19.9. The van der Waals surface area contributed by atoms with Gasteiger partial charge < -0.3 is 26.1 Å². The molecule has 37 heavy (non-hydrogen) atoms. The van der Waals surface area contributed by atoms with E-state index in [-0.39, 0.29) is 11.5 Å². The molecule has 0 bridgehead atoms. The zero-order valence-corrected chi connectivity index (χ0v) is 21.4. The summed E-state index contributed by atoms with van der Waals surface area (Å²) in [6.45, 7) is 4.65. The Morgan fingerprint density at radius 1 is 1.27 bits per heavy atom. The third-order valence-electron chi connectivity index (χ3n) is 5.42. The molecule has 1 aromatic carbocycles. The van der Waals surface area contributed by atoms with E-state index >= 15 is 0 Å². The summed E-state index contributed by atoms with van der Waals surface area (Å²) in [5.74, 6) is 0.674. The molecule has 0 amide bonds. The molecule has 0 unspecified atom stereocenters. The lowest BCUT2D eigenvalue weighted by Gasteiger charge is -2.30. The maximum Gasteiger partial charge on any atom is 0.311 e. The number of nitrogens with two attached hydrogens (primary N) is 1. The summed E-state index contributed by atoms with van der Waals surface area (Å²) in [6, 6.07) is 8.06. The van der Waals surface area contributed by atoms with Crippen molar-refractivity contribution in [2.75, 3.05) is 49.3 Å². The molecule has 4 rings (SSSR count). The average molecular weight is 546 g/mol. The van der Waals surface area contributed by atoms with E-state index in [9.17, 15) is 10.1 Å². The lowest BCUT2D eigenvalue weighted by molar-refractivity contribution is -0.384. The summed E-state index contributed by atoms with van der Waals surface area (Å²) >= 11 is 12.6. The number of rotatable bonds is 9. The fourth-order valence-electron chi connectivity index (χ4n) is 3.60. The second kappa shape index (κ2) is 12.0. The standard InChI is InChI=1S/C23H25Cl2N9O3/c1-14(33-8-9-37-13-30-33)10-15-12-29-23(32-21(15)17-3-2-16(24)11-18(17)25)28-7-6-27-20-5-4-19(34(35)36)22(26)31-20/h2-5,10-12,30H,6-9,13H2,1H3,(H3,26,27,31)(H,28,29,32)/b14-10+. The first-order chi connectivity index (χ1) is 17.8. The number of ether oxygens (including phenoxy) is 1. The molecular formula is C23H25Cl2N9O3.